The minimum Gasteiger partial charge on any atom is -0.435 e. The van der Waals surface area contributed by atoms with Gasteiger partial charge in [0.15, 0.2) is 5.82 Å². The number of pyridine rings is 1. The van der Waals surface area contributed by atoms with Crippen LogP contribution in [0.25, 0.3) is 16.8 Å². The molecule has 36 heavy (non-hydrogen) atoms. The number of nitrogens with zero attached hydrogens (tertiary/aromatic N) is 5. The van der Waals surface area contributed by atoms with Crippen molar-refractivity contribution in [2.24, 2.45) is 0 Å². The monoisotopic (exact) mass is 497 g/mol. The summed E-state index contributed by atoms with van der Waals surface area (Å²) < 4.78 is 47.6. The van der Waals surface area contributed by atoms with Gasteiger partial charge >= 0.3 is 6.61 Å². The van der Waals surface area contributed by atoms with E-state index in [2.05, 4.69) is 15.0 Å². The lowest BCUT2D eigenvalue weighted by Gasteiger charge is -2.42. The zero-order chi connectivity index (χ0) is 25.2. The van der Waals surface area contributed by atoms with Crippen molar-refractivity contribution in [3.05, 3.63) is 77.5 Å². The molecule has 11 heteroatoms. The highest BCUT2D eigenvalue weighted by molar-refractivity contribution is 5.65. The molecule has 3 aromatic heterocycles. The molecule has 1 aliphatic carbocycles. The summed E-state index contributed by atoms with van der Waals surface area (Å²) in [5.74, 6) is -0.773. The zero-order valence-corrected chi connectivity index (χ0v) is 19.1. The van der Waals surface area contributed by atoms with E-state index in [1.54, 1.807) is 28.8 Å². The molecule has 186 valence electrons. The topological polar surface area (TPSA) is 96.0 Å². The number of likely N-dealkylation sites (tertiary alicyclic amines) is 1. The highest BCUT2D eigenvalue weighted by Crippen LogP contribution is 2.47. The van der Waals surface area contributed by atoms with Crippen molar-refractivity contribution in [3.63, 3.8) is 0 Å². The number of aromatic nitrogens is 4. The summed E-state index contributed by atoms with van der Waals surface area (Å²) in [6, 6.07) is 7.67. The second-order valence-corrected chi connectivity index (χ2v) is 9.37. The number of hydrogen-bond donors (Lipinski definition) is 2. The molecule has 2 aliphatic rings. The van der Waals surface area contributed by atoms with E-state index in [9.17, 15) is 19.0 Å². The first-order valence-electron chi connectivity index (χ1n) is 11.4. The molecule has 1 aromatic carbocycles. The normalized spacial score (nSPS) is 21.1. The number of imidazole rings is 1. The number of ether oxygens (including phenoxy) is 1. The van der Waals surface area contributed by atoms with E-state index < -0.39 is 30.1 Å². The van der Waals surface area contributed by atoms with E-state index in [0.717, 1.165) is 0 Å². The maximum atomic E-state index is 15.1. The molecule has 0 radical (unpaired) electrons. The Bertz CT molecular complexity index is 1450. The number of aliphatic hydroxyl groups is 2. The SMILES string of the molecule is CN1CC(O)(c2ncc(-c3cn4c5c(nc4cc3F)C(O)CC5c3ccccc3OC(F)F)cn2)C1. The molecule has 0 amide bonds. The lowest BCUT2D eigenvalue weighted by Crippen LogP contribution is -2.58. The van der Waals surface area contributed by atoms with Crippen molar-refractivity contribution in [2.45, 2.75) is 30.7 Å². The number of hydrogen-bond acceptors (Lipinski definition) is 7. The van der Waals surface area contributed by atoms with Crippen LogP contribution in [-0.2, 0) is 5.60 Å². The van der Waals surface area contributed by atoms with Gasteiger partial charge in [0.25, 0.3) is 0 Å². The number of rotatable bonds is 5. The summed E-state index contributed by atoms with van der Waals surface area (Å²) in [7, 11) is 1.87. The number of β-amino-alcohol motifs (C(OH)–C–C–N with tert-alkyl or cyclic N) is 1. The molecule has 0 saturated carbocycles. The number of likely N-dealkylation sites (N-methyl/N-ethyl adjacent to an activating group) is 1. The molecule has 8 nitrogen and oxygen atoms in total. The fourth-order valence-corrected chi connectivity index (χ4v) is 5.29. The lowest BCUT2D eigenvalue weighted by molar-refractivity contribution is -0.0981. The Hall–Kier alpha value is -3.54. The van der Waals surface area contributed by atoms with Crippen LogP contribution < -0.4 is 4.74 Å². The molecule has 1 saturated heterocycles. The maximum absolute atomic E-state index is 15.1. The predicted octanol–water partition coefficient (Wildman–Crippen LogP) is 3.23. The molecule has 0 bridgehead atoms. The van der Waals surface area contributed by atoms with E-state index in [4.69, 9.17) is 4.74 Å². The Balaban J connectivity index is 1.43. The second kappa shape index (κ2) is 8.26. The minimum absolute atomic E-state index is 0.0124. The number of halogens is 3. The summed E-state index contributed by atoms with van der Waals surface area (Å²) >= 11 is 0. The summed E-state index contributed by atoms with van der Waals surface area (Å²) in [6.07, 6.45) is 3.74. The van der Waals surface area contributed by atoms with Crippen molar-refractivity contribution in [1.29, 1.82) is 0 Å². The Morgan fingerprint density at radius 2 is 1.89 bits per heavy atom. The van der Waals surface area contributed by atoms with Gasteiger partial charge < -0.3 is 19.4 Å². The van der Waals surface area contributed by atoms with E-state index in [-0.39, 0.29) is 29.2 Å². The number of benzene rings is 1. The smallest absolute Gasteiger partial charge is 0.387 e. The Labute approximate surface area is 203 Å². The van der Waals surface area contributed by atoms with Gasteiger partial charge in [0.2, 0.25) is 0 Å². The van der Waals surface area contributed by atoms with Crippen LogP contribution in [0.15, 0.2) is 48.9 Å². The summed E-state index contributed by atoms with van der Waals surface area (Å²) in [4.78, 5) is 14.9. The highest BCUT2D eigenvalue weighted by Gasteiger charge is 2.43. The van der Waals surface area contributed by atoms with Crippen LogP contribution in [-0.4, -0.2) is 61.2 Å². The molecular formula is C25H22F3N5O3. The number of fused-ring (bicyclic) bond motifs is 3. The summed E-state index contributed by atoms with van der Waals surface area (Å²) in [5, 5.41) is 21.3. The van der Waals surface area contributed by atoms with Crippen molar-refractivity contribution in [2.75, 3.05) is 20.1 Å². The van der Waals surface area contributed by atoms with Crippen LogP contribution in [0, 0.1) is 5.82 Å². The van der Waals surface area contributed by atoms with Crippen LogP contribution in [0.3, 0.4) is 0 Å². The van der Waals surface area contributed by atoms with E-state index in [1.165, 1.54) is 24.5 Å². The van der Waals surface area contributed by atoms with E-state index in [1.807, 2.05) is 11.9 Å². The zero-order valence-electron chi connectivity index (χ0n) is 19.1. The van der Waals surface area contributed by atoms with Gasteiger partial charge in [-0.1, -0.05) is 18.2 Å². The molecule has 2 atom stereocenters. The minimum atomic E-state index is -3.00. The first-order valence-corrected chi connectivity index (χ1v) is 11.4. The predicted molar refractivity (Wildman–Crippen MR) is 122 cm³/mol. The van der Waals surface area contributed by atoms with Gasteiger partial charge in [0.1, 0.15) is 22.8 Å². The van der Waals surface area contributed by atoms with Crippen molar-refractivity contribution in [1.82, 2.24) is 24.3 Å². The highest BCUT2D eigenvalue weighted by atomic mass is 19.3. The van der Waals surface area contributed by atoms with Crippen molar-refractivity contribution >= 4 is 5.65 Å². The third-order valence-electron chi connectivity index (χ3n) is 6.83. The molecule has 1 fully saturated rings. The fraction of sp³-hybridized carbons (Fsp3) is 0.320. The van der Waals surface area contributed by atoms with Gasteiger partial charge in [-0.05, 0) is 19.5 Å². The van der Waals surface area contributed by atoms with Gasteiger partial charge in [-0.25, -0.2) is 19.3 Å². The second-order valence-electron chi connectivity index (χ2n) is 9.37. The van der Waals surface area contributed by atoms with Crippen LogP contribution in [0.5, 0.6) is 5.75 Å². The molecule has 2 N–H and O–H groups in total. The molecular weight excluding hydrogens is 475 g/mol. The molecule has 0 spiro atoms. The molecule has 6 rings (SSSR count). The van der Waals surface area contributed by atoms with Crippen molar-refractivity contribution in [3.8, 4) is 16.9 Å². The van der Waals surface area contributed by atoms with E-state index in [0.29, 0.717) is 35.6 Å². The molecule has 2 unspecified atom stereocenters. The first kappa shape index (κ1) is 22.9. The average molecular weight is 497 g/mol. The fourth-order valence-electron chi connectivity index (χ4n) is 5.29. The Morgan fingerprint density at radius 1 is 1.17 bits per heavy atom. The van der Waals surface area contributed by atoms with Crippen LogP contribution in [0.1, 0.15) is 41.2 Å². The van der Waals surface area contributed by atoms with Gasteiger partial charge in [-0.3, -0.25) is 4.90 Å². The van der Waals surface area contributed by atoms with Gasteiger partial charge in [0, 0.05) is 60.4 Å². The van der Waals surface area contributed by atoms with Crippen LogP contribution >= 0.6 is 0 Å². The third-order valence-corrected chi connectivity index (χ3v) is 6.83. The van der Waals surface area contributed by atoms with Crippen LogP contribution in [0.2, 0.25) is 0 Å². The third kappa shape index (κ3) is 3.62. The number of aliphatic hydroxyl groups excluding tert-OH is 1. The molecule has 1 aliphatic heterocycles. The van der Waals surface area contributed by atoms with E-state index >= 15 is 4.39 Å². The lowest BCUT2D eigenvalue weighted by atomic mass is 9.94. The van der Waals surface area contributed by atoms with Gasteiger partial charge in [-0.15, -0.1) is 0 Å². The average Bonchev–Trinajstić information content (AvgIpc) is 3.34. The maximum Gasteiger partial charge on any atom is 0.387 e. The van der Waals surface area contributed by atoms with Crippen LogP contribution in [0.4, 0.5) is 13.2 Å². The summed E-state index contributed by atoms with van der Waals surface area (Å²) in [6.45, 7) is -2.18. The largest absolute Gasteiger partial charge is 0.435 e. The number of alkyl halides is 2. The van der Waals surface area contributed by atoms with Crippen molar-refractivity contribution < 1.29 is 28.1 Å². The molecule has 4 heterocycles. The standard InChI is InChI=1S/C25H22F3N5O3/c1-32-11-25(35,12-32)23-29-8-13(9-30-23)16-10-33-20(7-17(16)26)31-21-18(34)6-15(22(21)33)14-4-2-3-5-19(14)36-24(27)28/h2-5,7-10,15,18,24,34-35H,6,11-12H2,1H3. The quantitative estimate of drug-likeness (QED) is 0.437. The summed E-state index contributed by atoms with van der Waals surface area (Å²) in [5.41, 5.74) is 1.17. The first-order chi connectivity index (χ1) is 17.2. The van der Waals surface area contributed by atoms with Gasteiger partial charge in [0.05, 0.1) is 17.5 Å². The Kier molecular flexibility index (Phi) is 5.25. The molecule has 4 aromatic rings. The van der Waals surface area contributed by atoms with Gasteiger partial charge in [-0.2, -0.15) is 8.78 Å². The Morgan fingerprint density at radius 3 is 2.58 bits per heavy atom. The number of para-hydroxylation sites is 1.